The van der Waals surface area contributed by atoms with Gasteiger partial charge in [0.2, 0.25) is 0 Å². The lowest BCUT2D eigenvalue weighted by Crippen LogP contribution is -2.04. The van der Waals surface area contributed by atoms with E-state index in [0.29, 0.717) is 17.8 Å². The Bertz CT molecular complexity index is 324. The van der Waals surface area contributed by atoms with Crippen molar-refractivity contribution in [3.05, 3.63) is 29.1 Å². The number of nitrogens with zero attached hydrogens (tertiary/aromatic N) is 1. The van der Waals surface area contributed by atoms with Gasteiger partial charge in [0, 0.05) is 11.9 Å². The van der Waals surface area contributed by atoms with E-state index >= 15 is 0 Å². The summed E-state index contributed by atoms with van der Waals surface area (Å²) >= 11 is 0. The lowest BCUT2D eigenvalue weighted by Gasteiger charge is -2.17. The fraction of sp³-hybridized carbons (Fsp3) is 0.643. The second-order valence-electron chi connectivity index (χ2n) is 5.21. The molecule has 0 saturated heterocycles. The zero-order valence-electron chi connectivity index (χ0n) is 10.8. The lowest BCUT2D eigenvalue weighted by atomic mass is 9.92. The zero-order chi connectivity index (χ0) is 11.6. The van der Waals surface area contributed by atoms with Gasteiger partial charge in [-0.25, -0.2) is 0 Å². The van der Waals surface area contributed by atoms with E-state index in [0.717, 1.165) is 0 Å². The van der Waals surface area contributed by atoms with Gasteiger partial charge in [-0.3, -0.25) is 4.98 Å². The van der Waals surface area contributed by atoms with E-state index in [1.165, 1.54) is 16.8 Å². The summed E-state index contributed by atoms with van der Waals surface area (Å²) in [7, 11) is 0. The molecule has 1 heterocycles. The van der Waals surface area contributed by atoms with Crippen molar-refractivity contribution >= 4 is 0 Å². The Morgan fingerprint density at radius 3 is 1.87 bits per heavy atom. The third kappa shape index (κ3) is 2.80. The first-order valence-corrected chi connectivity index (χ1v) is 5.93. The molecule has 1 rings (SSSR count). The number of pyridine rings is 1. The molecule has 0 fully saturated rings. The first-order chi connectivity index (χ1) is 6.93. The van der Waals surface area contributed by atoms with E-state index in [1.807, 2.05) is 6.20 Å². The Hall–Kier alpha value is -0.850. The summed E-state index contributed by atoms with van der Waals surface area (Å²) in [5.74, 6) is 1.65. The van der Waals surface area contributed by atoms with Crippen molar-refractivity contribution in [1.29, 1.82) is 0 Å². The third-order valence-corrected chi connectivity index (χ3v) is 2.81. The molecule has 0 aliphatic rings. The van der Waals surface area contributed by atoms with Gasteiger partial charge in [0.15, 0.2) is 0 Å². The van der Waals surface area contributed by atoms with E-state index < -0.39 is 0 Å². The molecular weight excluding hydrogens is 182 g/mol. The predicted octanol–water partition coefficient (Wildman–Crippen LogP) is 4.45. The highest BCUT2D eigenvalue weighted by Gasteiger charge is 2.13. The molecule has 1 aromatic heterocycles. The predicted molar refractivity (Wildman–Crippen MR) is 66.5 cm³/mol. The van der Waals surface area contributed by atoms with Crippen LogP contribution in [0.5, 0.6) is 0 Å². The molecule has 15 heavy (non-hydrogen) atoms. The van der Waals surface area contributed by atoms with Crippen LogP contribution < -0.4 is 0 Å². The number of hydrogen-bond acceptors (Lipinski definition) is 1. The normalized spacial score (nSPS) is 11.8. The summed E-state index contributed by atoms with van der Waals surface area (Å²) in [5, 5.41) is 0. The maximum Gasteiger partial charge on any atom is 0.0463 e. The number of hydrogen-bond donors (Lipinski definition) is 0. The largest absolute Gasteiger partial charge is 0.260 e. The van der Waals surface area contributed by atoms with E-state index in [9.17, 15) is 0 Å². The highest BCUT2D eigenvalue weighted by Crippen LogP contribution is 2.27. The standard InChI is InChI=1S/C14H23N/c1-9(2)12-7-13(10(3)4)14(11(5)6)15-8-12/h7-11H,1-6H3. The molecule has 0 aliphatic carbocycles. The van der Waals surface area contributed by atoms with Crippen molar-refractivity contribution in [1.82, 2.24) is 4.98 Å². The van der Waals surface area contributed by atoms with E-state index in [-0.39, 0.29) is 0 Å². The van der Waals surface area contributed by atoms with Crippen molar-refractivity contribution in [3.8, 4) is 0 Å². The first kappa shape index (κ1) is 12.2. The Labute approximate surface area is 93.9 Å². The van der Waals surface area contributed by atoms with Crippen LogP contribution in [-0.2, 0) is 0 Å². The average Bonchev–Trinajstić information content (AvgIpc) is 2.16. The van der Waals surface area contributed by atoms with E-state index in [4.69, 9.17) is 0 Å². The van der Waals surface area contributed by atoms with Crippen molar-refractivity contribution in [2.75, 3.05) is 0 Å². The second kappa shape index (κ2) is 4.78. The van der Waals surface area contributed by atoms with Crippen molar-refractivity contribution in [2.45, 2.75) is 59.3 Å². The summed E-state index contributed by atoms with van der Waals surface area (Å²) in [4.78, 5) is 4.62. The maximum absolute atomic E-state index is 4.62. The molecule has 0 amide bonds. The van der Waals surface area contributed by atoms with Crippen LogP contribution in [0.1, 0.15) is 76.1 Å². The molecule has 0 N–H and O–H groups in total. The molecular formula is C14H23N. The minimum atomic E-state index is 0.517. The molecule has 0 radical (unpaired) electrons. The van der Waals surface area contributed by atoms with Crippen molar-refractivity contribution in [2.24, 2.45) is 0 Å². The van der Waals surface area contributed by atoms with E-state index in [1.54, 1.807) is 0 Å². The topological polar surface area (TPSA) is 12.9 Å². The minimum Gasteiger partial charge on any atom is -0.260 e. The van der Waals surface area contributed by atoms with Gasteiger partial charge in [-0.2, -0.15) is 0 Å². The lowest BCUT2D eigenvalue weighted by molar-refractivity contribution is 0.743. The quantitative estimate of drug-likeness (QED) is 0.710. The monoisotopic (exact) mass is 205 g/mol. The van der Waals surface area contributed by atoms with Crippen LogP contribution in [0.25, 0.3) is 0 Å². The molecule has 0 aromatic carbocycles. The molecule has 0 unspecified atom stereocenters. The molecule has 0 aliphatic heterocycles. The Kier molecular flexibility index (Phi) is 3.90. The van der Waals surface area contributed by atoms with Crippen LogP contribution in [0.15, 0.2) is 12.3 Å². The molecule has 84 valence electrons. The van der Waals surface area contributed by atoms with Crippen LogP contribution in [0, 0.1) is 0 Å². The number of rotatable bonds is 3. The third-order valence-electron chi connectivity index (χ3n) is 2.81. The van der Waals surface area contributed by atoms with Gasteiger partial charge >= 0.3 is 0 Å². The SMILES string of the molecule is CC(C)c1cnc(C(C)C)c(C(C)C)c1. The first-order valence-electron chi connectivity index (χ1n) is 5.93. The fourth-order valence-corrected chi connectivity index (χ4v) is 1.77. The fourth-order valence-electron chi connectivity index (χ4n) is 1.77. The Morgan fingerprint density at radius 1 is 0.867 bits per heavy atom. The molecule has 1 heteroatoms. The molecule has 0 bridgehead atoms. The van der Waals surface area contributed by atoms with Crippen LogP contribution in [0.4, 0.5) is 0 Å². The molecule has 0 atom stereocenters. The van der Waals surface area contributed by atoms with Crippen LogP contribution in [0.2, 0.25) is 0 Å². The highest BCUT2D eigenvalue weighted by atomic mass is 14.7. The number of aromatic nitrogens is 1. The highest BCUT2D eigenvalue weighted by molar-refractivity contribution is 5.31. The summed E-state index contributed by atoms with van der Waals surface area (Å²) < 4.78 is 0. The molecule has 1 aromatic rings. The van der Waals surface area contributed by atoms with Crippen LogP contribution >= 0.6 is 0 Å². The summed E-state index contributed by atoms with van der Waals surface area (Å²) in [6.45, 7) is 13.3. The van der Waals surface area contributed by atoms with E-state index in [2.05, 4.69) is 52.6 Å². The van der Waals surface area contributed by atoms with Gasteiger partial charge in [-0.1, -0.05) is 47.6 Å². The van der Waals surface area contributed by atoms with Gasteiger partial charge in [-0.15, -0.1) is 0 Å². The Balaban J connectivity index is 3.21. The minimum absolute atomic E-state index is 0.517. The summed E-state index contributed by atoms with van der Waals surface area (Å²) in [6, 6.07) is 2.33. The van der Waals surface area contributed by atoms with Gasteiger partial charge in [0.25, 0.3) is 0 Å². The Morgan fingerprint density at radius 2 is 1.47 bits per heavy atom. The smallest absolute Gasteiger partial charge is 0.0463 e. The van der Waals surface area contributed by atoms with Crippen LogP contribution in [-0.4, -0.2) is 4.98 Å². The molecule has 0 spiro atoms. The van der Waals surface area contributed by atoms with Crippen molar-refractivity contribution < 1.29 is 0 Å². The van der Waals surface area contributed by atoms with Gasteiger partial charge in [0.1, 0.15) is 0 Å². The van der Waals surface area contributed by atoms with Crippen LogP contribution in [0.3, 0.4) is 0 Å². The molecule has 1 nitrogen and oxygen atoms in total. The summed E-state index contributed by atoms with van der Waals surface area (Å²) in [5.41, 5.74) is 4.02. The second-order valence-corrected chi connectivity index (χ2v) is 5.21. The zero-order valence-corrected chi connectivity index (χ0v) is 10.8. The molecule has 0 saturated carbocycles. The van der Waals surface area contributed by atoms with Crippen molar-refractivity contribution in [3.63, 3.8) is 0 Å². The van der Waals surface area contributed by atoms with Gasteiger partial charge in [0.05, 0.1) is 0 Å². The van der Waals surface area contributed by atoms with Gasteiger partial charge in [-0.05, 0) is 28.9 Å². The average molecular weight is 205 g/mol. The maximum atomic E-state index is 4.62. The summed E-state index contributed by atoms with van der Waals surface area (Å²) in [6.07, 6.45) is 2.03. The van der Waals surface area contributed by atoms with Gasteiger partial charge < -0.3 is 0 Å².